The molecule has 0 rings (SSSR count). The fourth-order valence-corrected chi connectivity index (χ4v) is 0.517. The molecule has 0 radical (unpaired) electrons. The molecule has 0 aliphatic rings. The molecule has 0 heterocycles. The van der Waals surface area contributed by atoms with Crippen molar-refractivity contribution in [3.63, 3.8) is 0 Å². The van der Waals surface area contributed by atoms with Crippen LogP contribution >= 0.6 is 0 Å². The Hall–Kier alpha value is -0.770. The zero-order valence-electron chi connectivity index (χ0n) is 5.72. The minimum atomic E-state index is -1.00. The van der Waals surface area contributed by atoms with E-state index in [2.05, 4.69) is 5.43 Å². The van der Waals surface area contributed by atoms with Gasteiger partial charge in [0.05, 0.1) is 0 Å². The lowest BCUT2D eigenvalue weighted by Crippen LogP contribution is -2.40. The van der Waals surface area contributed by atoms with Gasteiger partial charge in [0.2, 0.25) is 0 Å². The maximum Gasteiger partial charge on any atom is 0.419 e. The van der Waals surface area contributed by atoms with Crippen LogP contribution in [0.15, 0.2) is 0 Å². The van der Waals surface area contributed by atoms with Crippen molar-refractivity contribution in [3.8, 4) is 0 Å². The van der Waals surface area contributed by atoms with E-state index >= 15 is 0 Å². The molecule has 0 saturated carbocycles. The summed E-state index contributed by atoms with van der Waals surface area (Å²) in [7, 11) is 0. The average Bonchev–Trinajstić information content (AvgIpc) is 1.82. The summed E-state index contributed by atoms with van der Waals surface area (Å²) in [6, 6.07) is 0. The second kappa shape index (κ2) is 4.14. The Bertz CT molecular complexity index is 91.0. The molecule has 4 nitrogen and oxygen atoms in total. The molecule has 1 amide bonds. The normalized spacial score (nSPS) is 9.67. The molecule has 0 atom stereocenters. The largest absolute Gasteiger partial charge is 0.464 e. The predicted octanol–water partition coefficient (Wildman–Crippen LogP) is 0.511. The van der Waals surface area contributed by atoms with Crippen LogP contribution in [0.4, 0.5) is 4.79 Å². The molecule has 54 valence electrons. The number of amides is 1. The van der Waals surface area contributed by atoms with E-state index in [1.807, 2.05) is 13.8 Å². The molecule has 2 N–H and O–H groups in total. The molecule has 0 unspecified atom stereocenters. The van der Waals surface area contributed by atoms with Gasteiger partial charge in [-0.15, -0.1) is 0 Å². The Morgan fingerprint density at radius 3 is 2.11 bits per heavy atom. The second-order valence-electron chi connectivity index (χ2n) is 1.59. The Morgan fingerprint density at radius 2 is 2.00 bits per heavy atom. The van der Waals surface area contributed by atoms with E-state index in [-0.39, 0.29) is 0 Å². The summed E-state index contributed by atoms with van der Waals surface area (Å²) in [4.78, 5) is 9.97. The van der Waals surface area contributed by atoms with Gasteiger partial charge in [-0.2, -0.15) is 0 Å². The summed E-state index contributed by atoms with van der Waals surface area (Å²) in [6.07, 6.45) is -1.00. The van der Waals surface area contributed by atoms with Crippen LogP contribution in [0.2, 0.25) is 0 Å². The predicted molar refractivity (Wildman–Crippen MR) is 34.1 cm³/mol. The summed E-state index contributed by atoms with van der Waals surface area (Å²) in [6.45, 7) is 5.17. The van der Waals surface area contributed by atoms with Crippen LogP contribution in [0, 0.1) is 0 Å². The SMILES string of the molecule is CCN(CC)NC(=O)O. The van der Waals surface area contributed by atoms with E-state index in [9.17, 15) is 4.79 Å². The summed E-state index contributed by atoms with van der Waals surface area (Å²) in [5.41, 5.74) is 2.23. The molecule has 0 aliphatic heterocycles. The smallest absolute Gasteiger partial charge is 0.419 e. The summed E-state index contributed by atoms with van der Waals surface area (Å²) in [5.74, 6) is 0. The highest BCUT2D eigenvalue weighted by Crippen LogP contribution is 1.77. The van der Waals surface area contributed by atoms with Crippen molar-refractivity contribution in [2.24, 2.45) is 0 Å². The van der Waals surface area contributed by atoms with Gasteiger partial charge < -0.3 is 5.11 Å². The Labute approximate surface area is 54.4 Å². The topological polar surface area (TPSA) is 52.6 Å². The second-order valence-corrected chi connectivity index (χ2v) is 1.59. The first-order valence-corrected chi connectivity index (χ1v) is 2.95. The third kappa shape index (κ3) is 3.78. The van der Waals surface area contributed by atoms with Gasteiger partial charge in [0.25, 0.3) is 0 Å². The highest BCUT2D eigenvalue weighted by atomic mass is 16.4. The van der Waals surface area contributed by atoms with Gasteiger partial charge in [-0.25, -0.2) is 9.80 Å². The maximum atomic E-state index is 9.97. The van der Waals surface area contributed by atoms with Gasteiger partial charge in [-0.05, 0) is 0 Å². The van der Waals surface area contributed by atoms with Crippen molar-refractivity contribution in [3.05, 3.63) is 0 Å². The highest BCUT2D eigenvalue weighted by molar-refractivity contribution is 5.63. The van der Waals surface area contributed by atoms with Gasteiger partial charge in [-0.1, -0.05) is 13.8 Å². The molecule has 0 aromatic rings. The molecule has 9 heavy (non-hydrogen) atoms. The van der Waals surface area contributed by atoms with E-state index in [0.717, 1.165) is 0 Å². The monoisotopic (exact) mass is 132 g/mol. The molecule has 0 fully saturated rings. The minimum Gasteiger partial charge on any atom is -0.464 e. The van der Waals surface area contributed by atoms with E-state index < -0.39 is 6.09 Å². The molecule has 0 aromatic carbocycles. The number of carboxylic acid groups (broad SMARTS) is 1. The van der Waals surface area contributed by atoms with Crippen molar-refractivity contribution in [1.29, 1.82) is 0 Å². The zero-order chi connectivity index (χ0) is 7.28. The summed E-state index contributed by atoms with van der Waals surface area (Å²) in [5, 5.41) is 9.79. The van der Waals surface area contributed by atoms with Crippen LogP contribution in [0.1, 0.15) is 13.8 Å². The average molecular weight is 132 g/mol. The number of rotatable bonds is 3. The molecule has 0 spiro atoms. The highest BCUT2D eigenvalue weighted by Gasteiger charge is 1.99. The van der Waals surface area contributed by atoms with Crippen LogP contribution in [0.25, 0.3) is 0 Å². The number of hydrogen-bond acceptors (Lipinski definition) is 2. The number of carbonyl (C=O) groups is 1. The quantitative estimate of drug-likeness (QED) is 0.550. The lowest BCUT2D eigenvalue weighted by molar-refractivity contribution is 0.146. The van der Waals surface area contributed by atoms with Gasteiger partial charge in [0, 0.05) is 13.1 Å². The van der Waals surface area contributed by atoms with Gasteiger partial charge >= 0.3 is 6.09 Å². The molecule has 0 saturated heterocycles. The van der Waals surface area contributed by atoms with E-state index in [0.29, 0.717) is 13.1 Å². The molecule has 4 heteroatoms. The Balaban J connectivity index is 3.43. The third-order valence-electron chi connectivity index (χ3n) is 1.02. The van der Waals surface area contributed by atoms with Crippen LogP contribution < -0.4 is 5.43 Å². The lowest BCUT2D eigenvalue weighted by Gasteiger charge is -2.15. The number of nitrogens with one attached hydrogen (secondary N) is 1. The zero-order valence-corrected chi connectivity index (χ0v) is 5.72. The van der Waals surface area contributed by atoms with Crippen LogP contribution in [-0.4, -0.2) is 29.3 Å². The van der Waals surface area contributed by atoms with Crippen LogP contribution in [0.5, 0.6) is 0 Å². The molecule has 0 bridgehead atoms. The third-order valence-corrected chi connectivity index (χ3v) is 1.02. The lowest BCUT2D eigenvalue weighted by atomic mass is 10.6. The van der Waals surface area contributed by atoms with Crippen LogP contribution in [-0.2, 0) is 0 Å². The standard InChI is InChI=1S/C5H12N2O2/c1-3-7(4-2)6-5(8)9/h6H,3-4H2,1-2H3,(H,8,9). The number of hydrogen-bond donors (Lipinski definition) is 2. The molecule has 0 aromatic heterocycles. The summed E-state index contributed by atoms with van der Waals surface area (Å²) >= 11 is 0. The van der Waals surface area contributed by atoms with Crippen molar-refractivity contribution < 1.29 is 9.90 Å². The van der Waals surface area contributed by atoms with Crippen molar-refractivity contribution in [2.45, 2.75) is 13.8 Å². The molecule has 0 aliphatic carbocycles. The maximum absolute atomic E-state index is 9.97. The van der Waals surface area contributed by atoms with Gasteiger partial charge in [0.1, 0.15) is 0 Å². The first-order valence-electron chi connectivity index (χ1n) is 2.95. The van der Waals surface area contributed by atoms with E-state index in [4.69, 9.17) is 5.11 Å². The molecular formula is C5H12N2O2. The fraction of sp³-hybridized carbons (Fsp3) is 0.800. The fourth-order valence-electron chi connectivity index (χ4n) is 0.517. The first-order chi connectivity index (χ1) is 4.20. The van der Waals surface area contributed by atoms with Gasteiger partial charge in [0.15, 0.2) is 0 Å². The van der Waals surface area contributed by atoms with Crippen LogP contribution in [0.3, 0.4) is 0 Å². The molecular weight excluding hydrogens is 120 g/mol. The first kappa shape index (κ1) is 8.23. The van der Waals surface area contributed by atoms with Gasteiger partial charge in [-0.3, -0.25) is 5.43 Å². The van der Waals surface area contributed by atoms with Crippen molar-refractivity contribution >= 4 is 6.09 Å². The van der Waals surface area contributed by atoms with Crippen molar-refractivity contribution in [2.75, 3.05) is 13.1 Å². The Morgan fingerprint density at radius 1 is 1.56 bits per heavy atom. The summed E-state index contributed by atoms with van der Waals surface area (Å²) < 4.78 is 0. The van der Waals surface area contributed by atoms with E-state index in [1.165, 1.54) is 0 Å². The number of hydrazine groups is 1. The Kier molecular flexibility index (Phi) is 3.79. The van der Waals surface area contributed by atoms with Crippen molar-refractivity contribution in [1.82, 2.24) is 10.4 Å². The minimum absolute atomic E-state index is 0.697. The number of nitrogens with zero attached hydrogens (tertiary/aromatic N) is 1. The van der Waals surface area contributed by atoms with E-state index in [1.54, 1.807) is 5.01 Å².